The summed E-state index contributed by atoms with van der Waals surface area (Å²) < 4.78 is 31.3. The van der Waals surface area contributed by atoms with Crippen molar-refractivity contribution in [2.45, 2.75) is 29.7 Å². The zero-order valence-corrected chi connectivity index (χ0v) is 11.9. The Balaban J connectivity index is 2.11. The van der Waals surface area contributed by atoms with Gasteiger partial charge >= 0.3 is 5.97 Å². The van der Waals surface area contributed by atoms with Crippen molar-refractivity contribution in [3.05, 3.63) is 29.8 Å². The van der Waals surface area contributed by atoms with Gasteiger partial charge < -0.3 is 9.84 Å². The van der Waals surface area contributed by atoms with Crippen LogP contribution in [0.1, 0.15) is 18.4 Å². The smallest absolute Gasteiger partial charge is 0.309 e. The Bertz CT molecular complexity index is 590. The van der Waals surface area contributed by atoms with Crippen molar-refractivity contribution in [3.8, 4) is 0 Å². The lowest BCUT2D eigenvalue weighted by atomic mass is 10.2. The average Bonchev–Trinajstić information content (AvgIpc) is 3.19. The number of benzene rings is 1. The molecule has 1 aliphatic rings. The molecule has 2 N–H and O–H groups in total. The van der Waals surface area contributed by atoms with Crippen molar-refractivity contribution in [1.29, 1.82) is 0 Å². The predicted octanol–water partition coefficient (Wildman–Crippen LogP) is 0.205. The first-order valence-electron chi connectivity index (χ1n) is 6.21. The van der Waals surface area contributed by atoms with Gasteiger partial charge in [0.25, 0.3) is 0 Å². The summed E-state index contributed by atoms with van der Waals surface area (Å²) in [5, 5.41) is 9.16. The lowest BCUT2D eigenvalue weighted by Crippen LogP contribution is -2.39. The molecule has 20 heavy (non-hydrogen) atoms. The number of hydrogen-bond donors (Lipinski definition) is 2. The van der Waals surface area contributed by atoms with E-state index in [4.69, 9.17) is 5.11 Å². The van der Waals surface area contributed by atoms with Gasteiger partial charge in [0, 0.05) is 0 Å². The van der Waals surface area contributed by atoms with Gasteiger partial charge in [0.2, 0.25) is 10.0 Å². The molecule has 0 unspecified atom stereocenters. The summed E-state index contributed by atoms with van der Waals surface area (Å²) >= 11 is 0. The Morgan fingerprint density at radius 2 is 1.95 bits per heavy atom. The molecule has 1 aliphatic carbocycles. The second-order valence-corrected chi connectivity index (χ2v) is 6.62. The van der Waals surface area contributed by atoms with Gasteiger partial charge in [0.05, 0.1) is 30.6 Å². The van der Waals surface area contributed by atoms with Crippen LogP contribution < -0.4 is 4.72 Å². The third-order valence-electron chi connectivity index (χ3n) is 3.32. The average molecular weight is 299 g/mol. The number of aliphatic hydroxyl groups is 1. The Morgan fingerprint density at radius 1 is 1.35 bits per heavy atom. The lowest BCUT2D eigenvalue weighted by Gasteiger charge is -2.14. The molecule has 1 aromatic carbocycles. The van der Waals surface area contributed by atoms with E-state index in [0.717, 1.165) is 0 Å². The van der Waals surface area contributed by atoms with E-state index in [2.05, 4.69) is 9.46 Å². The van der Waals surface area contributed by atoms with E-state index in [-0.39, 0.29) is 23.9 Å². The molecule has 2 rings (SSSR count). The fourth-order valence-corrected chi connectivity index (χ4v) is 3.26. The number of carbonyl (C=O) groups excluding carboxylic acids is 1. The zero-order chi connectivity index (χ0) is 14.8. The fourth-order valence-electron chi connectivity index (χ4n) is 1.81. The highest BCUT2D eigenvalue weighted by Crippen LogP contribution is 2.36. The van der Waals surface area contributed by atoms with Crippen LogP contribution in [0.4, 0.5) is 0 Å². The monoisotopic (exact) mass is 299 g/mol. The van der Waals surface area contributed by atoms with Crippen molar-refractivity contribution in [2.24, 2.45) is 0 Å². The number of esters is 1. The number of methoxy groups -OCH3 is 1. The molecule has 0 spiro atoms. The lowest BCUT2D eigenvalue weighted by molar-refractivity contribution is -0.139. The highest BCUT2D eigenvalue weighted by molar-refractivity contribution is 7.89. The van der Waals surface area contributed by atoms with Crippen molar-refractivity contribution in [1.82, 2.24) is 4.72 Å². The summed E-state index contributed by atoms with van der Waals surface area (Å²) in [5.74, 6) is -0.379. The second-order valence-electron chi connectivity index (χ2n) is 4.94. The van der Waals surface area contributed by atoms with Crippen LogP contribution in [0.2, 0.25) is 0 Å². The summed E-state index contributed by atoms with van der Waals surface area (Å²) in [6.07, 6.45) is 1.39. The van der Waals surface area contributed by atoms with Gasteiger partial charge in [0.1, 0.15) is 0 Å². The molecule has 110 valence electrons. The zero-order valence-electron chi connectivity index (χ0n) is 11.1. The predicted molar refractivity (Wildman–Crippen MR) is 71.5 cm³/mol. The highest BCUT2D eigenvalue weighted by atomic mass is 32.2. The molecule has 7 heteroatoms. The standard InChI is InChI=1S/C13H17NO5S/c1-19-12(16)8-10-2-4-11(5-3-10)20(17,18)14-13(9-15)6-7-13/h2-5,14-15H,6-9H2,1H3. The molecule has 0 saturated heterocycles. The molecule has 0 atom stereocenters. The van der Waals surface area contributed by atoms with Crippen LogP contribution in [0, 0.1) is 0 Å². The van der Waals surface area contributed by atoms with Crippen molar-refractivity contribution >= 4 is 16.0 Å². The molecule has 1 aromatic rings. The summed E-state index contributed by atoms with van der Waals surface area (Å²) in [5.41, 5.74) is -0.0112. The van der Waals surface area contributed by atoms with E-state index < -0.39 is 15.6 Å². The van der Waals surface area contributed by atoms with E-state index in [1.165, 1.54) is 19.2 Å². The van der Waals surface area contributed by atoms with Crippen LogP contribution in [0.25, 0.3) is 0 Å². The third kappa shape index (κ3) is 3.36. The highest BCUT2D eigenvalue weighted by Gasteiger charge is 2.45. The summed E-state index contributed by atoms with van der Waals surface area (Å²) in [7, 11) is -2.34. The molecule has 0 aromatic heterocycles. The van der Waals surface area contributed by atoms with Crippen LogP contribution >= 0.6 is 0 Å². The molecule has 1 fully saturated rings. The van der Waals surface area contributed by atoms with Crippen molar-refractivity contribution < 1.29 is 23.1 Å². The van der Waals surface area contributed by atoms with Gasteiger partial charge in [-0.3, -0.25) is 4.79 Å². The van der Waals surface area contributed by atoms with E-state index in [9.17, 15) is 13.2 Å². The molecule has 0 aliphatic heterocycles. The maximum absolute atomic E-state index is 12.1. The van der Waals surface area contributed by atoms with Gasteiger partial charge in [0.15, 0.2) is 0 Å². The minimum absolute atomic E-state index is 0.102. The van der Waals surface area contributed by atoms with E-state index in [1.54, 1.807) is 12.1 Å². The Hall–Kier alpha value is -1.44. The molecule has 6 nitrogen and oxygen atoms in total. The van der Waals surface area contributed by atoms with Crippen LogP contribution in [0.3, 0.4) is 0 Å². The van der Waals surface area contributed by atoms with Gasteiger partial charge in [-0.15, -0.1) is 0 Å². The van der Waals surface area contributed by atoms with E-state index in [1.807, 2.05) is 0 Å². The second kappa shape index (κ2) is 5.51. The molecule has 0 heterocycles. The quantitative estimate of drug-likeness (QED) is 0.732. The minimum atomic E-state index is -3.64. The molecule has 0 bridgehead atoms. The maximum atomic E-state index is 12.1. The number of carbonyl (C=O) groups is 1. The van der Waals surface area contributed by atoms with Crippen LogP contribution in [0.15, 0.2) is 29.2 Å². The summed E-state index contributed by atoms with van der Waals surface area (Å²) in [6.45, 7) is -0.202. The minimum Gasteiger partial charge on any atom is -0.469 e. The fraction of sp³-hybridized carbons (Fsp3) is 0.462. The molecule has 1 saturated carbocycles. The molecular formula is C13H17NO5S. The number of rotatable bonds is 6. The molecule has 0 radical (unpaired) electrons. The maximum Gasteiger partial charge on any atom is 0.309 e. The van der Waals surface area contributed by atoms with Crippen molar-refractivity contribution in [2.75, 3.05) is 13.7 Å². The number of hydrogen-bond acceptors (Lipinski definition) is 5. The first-order chi connectivity index (χ1) is 9.41. The SMILES string of the molecule is COC(=O)Cc1ccc(S(=O)(=O)NC2(CO)CC2)cc1. The van der Waals surface area contributed by atoms with Crippen molar-refractivity contribution in [3.63, 3.8) is 0 Å². The Labute approximate surface area is 117 Å². The Morgan fingerprint density at radius 3 is 2.40 bits per heavy atom. The first-order valence-corrected chi connectivity index (χ1v) is 7.70. The number of sulfonamides is 1. The van der Waals surface area contributed by atoms with Gasteiger partial charge in [-0.05, 0) is 30.5 Å². The summed E-state index contributed by atoms with van der Waals surface area (Å²) in [4.78, 5) is 11.2. The topological polar surface area (TPSA) is 92.7 Å². The number of aliphatic hydroxyl groups excluding tert-OH is 1. The largest absolute Gasteiger partial charge is 0.469 e. The van der Waals surface area contributed by atoms with Crippen LogP contribution in [-0.4, -0.2) is 38.7 Å². The van der Waals surface area contributed by atoms with Gasteiger partial charge in [-0.25, -0.2) is 13.1 Å². The van der Waals surface area contributed by atoms with Gasteiger partial charge in [-0.1, -0.05) is 12.1 Å². The Kier molecular flexibility index (Phi) is 4.12. The number of ether oxygens (including phenoxy) is 1. The number of nitrogens with one attached hydrogen (secondary N) is 1. The van der Waals surface area contributed by atoms with E-state index >= 15 is 0 Å². The van der Waals surface area contributed by atoms with Crippen LogP contribution in [-0.2, 0) is 26.0 Å². The van der Waals surface area contributed by atoms with Crippen LogP contribution in [0.5, 0.6) is 0 Å². The first kappa shape index (κ1) is 15.0. The molecular weight excluding hydrogens is 282 g/mol. The third-order valence-corrected chi connectivity index (χ3v) is 4.91. The normalized spacial score (nSPS) is 16.7. The van der Waals surface area contributed by atoms with E-state index in [0.29, 0.717) is 18.4 Å². The summed E-state index contributed by atoms with van der Waals surface area (Å²) in [6, 6.07) is 6.02. The molecule has 0 amide bonds. The van der Waals surface area contributed by atoms with Gasteiger partial charge in [-0.2, -0.15) is 0 Å².